The molecule has 0 saturated carbocycles. The van der Waals surface area contributed by atoms with Crippen LogP contribution in [0.4, 0.5) is 11.4 Å². The lowest BCUT2D eigenvalue weighted by atomic mass is 9.83. The van der Waals surface area contributed by atoms with Crippen molar-refractivity contribution in [2.45, 2.75) is 50.3 Å². The van der Waals surface area contributed by atoms with Crippen molar-refractivity contribution < 1.29 is 33.8 Å². The molecule has 0 saturated heterocycles. The van der Waals surface area contributed by atoms with Crippen LogP contribution < -0.4 is 9.64 Å². The van der Waals surface area contributed by atoms with Gasteiger partial charge in [-0.1, -0.05) is 18.2 Å². The molecule has 2 aromatic rings. The molecule has 1 N–H and O–H groups in total. The van der Waals surface area contributed by atoms with Crippen LogP contribution in [0.15, 0.2) is 42.5 Å². The number of rotatable bonds is 7. The number of hydrogen-bond donors (Lipinski definition) is 1. The second-order valence-corrected chi connectivity index (χ2v) is 8.47. The summed E-state index contributed by atoms with van der Waals surface area (Å²) in [6.07, 6.45) is -1.89. The molecule has 4 rings (SSSR count). The highest BCUT2D eigenvalue weighted by atomic mass is 16.7. The number of nitro groups is 1. The largest absolute Gasteiger partial charge is 0.479 e. The van der Waals surface area contributed by atoms with E-state index in [-0.39, 0.29) is 12.3 Å². The van der Waals surface area contributed by atoms with Crippen LogP contribution in [-0.2, 0) is 25.4 Å². The number of nitrogens with zero attached hydrogens (tertiary/aromatic N) is 2. The van der Waals surface area contributed by atoms with Gasteiger partial charge in [0.15, 0.2) is 11.9 Å². The molecule has 0 fully saturated rings. The Balaban J connectivity index is 1.93. The molecule has 2 heterocycles. The first-order chi connectivity index (χ1) is 16.3. The Morgan fingerprint density at radius 2 is 2.00 bits per heavy atom. The van der Waals surface area contributed by atoms with Gasteiger partial charge in [0.05, 0.1) is 17.6 Å². The van der Waals surface area contributed by atoms with E-state index in [4.69, 9.17) is 18.9 Å². The van der Waals surface area contributed by atoms with Gasteiger partial charge in [0.1, 0.15) is 17.9 Å². The van der Waals surface area contributed by atoms with Gasteiger partial charge in [-0.3, -0.25) is 10.1 Å². The van der Waals surface area contributed by atoms with Crippen LogP contribution in [0.5, 0.6) is 5.75 Å². The van der Waals surface area contributed by atoms with Gasteiger partial charge in [0, 0.05) is 44.0 Å². The maximum Gasteiger partial charge on any atom is 0.329 e. The summed E-state index contributed by atoms with van der Waals surface area (Å²) in [6, 6.07) is 10.1. The first kappa shape index (κ1) is 23.9. The fourth-order valence-electron chi connectivity index (χ4n) is 5.00. The molecule has 10 heteroatoms. The van der Waals surface area contributed by atoms with Gasteiger partial charge in [-0.15, -0.1) is 0 Å². The monoisotopic (exact) mass is 472 g/mol. The van der Waals surface area contributed by atoms with E-state index >= 15 is 0 Å². The summed E-state index contributed by atoms with van der Waals surface area (Å²) in [5.74, 6) is -0.115. The molecule has 0 unspecified atom stereocenters. The Bertz CT molecular complexity index is 1090. The average molecular weight is 472 g/mol. The van der Waals surface area contributed by atoms with Crippen molar-refractivity contribution >= 4 is 17.3 Å². The van der Waals surface area contributed by atoms with Crippen molar-refractivity contribution in [1.82, 2.24) is 0 Å². The molecule has 10 nitrogen and oxygen atoms in total. The van der Waals surface area contributed by atoms with Crippen LogP contribution in [0.3, 0.4) is 0 Å². The minimum Gasteiger partial charge on any atom is -0.479 e. The number of carbonyl (C=O) groups excluding carboxylic acids is 1. The second kappa shape index (κ2) is 9.21. The number of benzene rings is 2. The van der Waals surface area contributed by atoms with Crippen LogP contribution in [-0.4, -0.2) is 60.9 Å². The smallest absolute Gasteiger partial charge is 0.329 e. The van der Waals surface area contributed by atoms with Gasteiger partial charge in [-0.05, 0) is 31.5 Å². The number of hydrogen-bond acceptors (Lipinski definition) is 9. The van der Waals surface area contributed by atoms with Gasteiger partial charge in [-0.2, -0.15) is 0 Å². The van der Waals surface area contributed by atoms with E-state index in [9.17, 15) is 20.0 Å². The normalized spacial score (nSPS) is 25.5. The summed E-state index contributed by atoms with van der Waals surface area (Å²) in [6.45, 7) is 3.57. The molecule has 2 aliphatic heterocycles. The minimum atomic E-state index is -1.39. The maximum atomic E-state index is 13.0. The maximum absolute atomic E-state index is 13.0. The highest BCUT2D eigenvalue weighted by Gasteiger charge is 2.56. The molecule has 34 heavy (non-hydrogen) atoms. The first-order valence-electron chi connectivity index (χ1n) is 11.0. The van der Waals surface area contributed by atoms with E-state index < -0.39 is 41.0 Å². The number of aliphatic hydroxyl groups excluding tert-OH is 1. The molecule has 0 amide bonds. The number of anilines is 1. The lowest BCUT2D eigenvalue weighted by Crippen LogP contribution is -2.63. The van der Waals surface area contributed by atoms with Crippen molar-refractivity contribution in [2.24, 2.45) is 0 Å². The third-order valence-electron chi connectivity index (χ3n) is 6.51. The Hall–Kier alpha value is -3.21. The van der Waals surface area contributed by atoms with Crippen molar-refractivity contribution in [3.8, 4) is 5.75 Å². The lowest BCUT2D eigenvalue weighted by Gasteiger charge is -2.50. The number of nitro benzene ring substituents is 1. The van der Waals surface area contributed by atoms with Crippen molar-refractivity contribution in [3.05, 3.63) is 63.7 Å². The molecular formula is C24H28N2O8. The Morgan fingerprint density at radius 3 is 2.65 bits per heavy atom. The predicted octanol–water partition coefficient (Wildman–Crippen LogP) is 2.76. The zero-order valence-electron chi connectivity index (χ0n) is 19.5. The summed E-state index contributed by atoms with van der Waals surface area (Å²) >= 11 is 0. The number of methoxy groups -OCH3 is 2. The molecular weight excluding hydrogens is 444 g/mol. The van der Waals surface area contributed by atoms with Crippen LogP contribution in [0, 0.1) is 10.1 Å². The van der Waals surface area contributed by atoms with Gasteiger partial charge in [-0.25, -0.2) is 4.79 Å². The molecule has 182 valence electrons. The van der Waals surface area contributed by atoms with Crippen LogP contribution in [0.1, 0.15) is 31.0 Å². The number of fused-ring (bicyclic) bond motifs is 2. The van der Waals surface area contributed by atoms with E-state index in [2.05, 4.69) is 0 Å². The van der Waals surface area contributed by atoms with Gasteiger partial charge in [0.2, 0.25) is 0 Å². The molecule has 0 aromatic heterocycles. The highest BCUT2D eigenvalue weighted by Crippen LogP contribution is 2.50. The summed E-state index contributed by atoms with van der Waals surface area (Å²) in [4.78, 5) is 25.9. The van der Waals surface area contributed by atoms with E-state index in [0.717, 1.165) is 11.3 Å². The fraction of sp³-hybridized carbons (Fsp3) is 0.458. The Kier molecular flexibility index (Phi) is 6.48. The predicted molar refractivity (Wildman–Crippen MR) is 122 cm³/mol. The zero-order valence-corrected chi connectivity index (χ0v) is 19.5. The number of non-ortho nitro benzene ring substituents is 1. The van der Waals surface area contributed by atoms with E-state index in [1.165, 1.54) is 32.4 Å². The number of esters is 1. The summed E-state index contributed by atoms with van der Waals surface area (Å²) < 4.78 is 22.4. The lowest BCUT2D eigenvalue weighted by molar-refractivity contribution is -0.385. The molecule has 2 aliphatic rings. The summed E-state index contributed by atoms with van der Waals surface area (Å²) in [7, 11) is 2.87. The summed E-state index contributed by atoms with van der Waals surface area (Å²) in [5, 5.41) is 23.3. The second-order valence-electron chi connectivity index (χ2n) is 8.47. The Labute approximate surface area is 197 Å². The van der Waals surface area contributed by atoms with Crippen LogP contribution >= 0.6 is 0 Å². The molecule has 0 spiro atoms. The standard InChI is InChI=1S/C24H28N2O8/c1-5-33-22(28)18-12-14-8-6-7-9-17(14)25(18)20-16-13-15(26(29)30)10-11-19(16)34-24(2,21(20)27)23(31-3)32-4/h6-11,13,18,20-21,23,27H,5,12H2,1-4H3/t18-,20+,21-,24+/m1/s1. The van der Waals surface area contributed by atoms with E-state index in [1.54, 1.807) is 18.7 Å². The highest BCUT2D eigenvalue weighted by molar-refractivity contribution is 5.84. The third-order valence-corrected chi connectivity index (χ3v) is 6.51. The third kappa shape index (κ3) is 3.77. The number of carbonyl (C=O) groups is 1. The molecule has 0 aliphatic carbocycles. The summed E-state index contributed by atoms with van der Waals surface area (Å²) in [5.41, 5.74) is 0.476. The van der Waals surface area contributed by atoms with E-state index in [1.807, 2.05) is 24.3 Å². The van der Waals surface area contributed by atoms with E-state index in [0.29, 0.717) is 17.7 Å². The van der Waals surface area contributed by atoms with Crippen molar-refractivity contribution in [2.75, 3.05) is 25.7 Å². The Morgan fingerprint density at radius 1 is 1.29 bits per heavy atom. The molecule has 0 bridgehead atoms. The van der Waals surface area contributed by atoms with Gasteiger partial charge in [0.25, 0.3) is 5.69 Å². The first-order valence-corrected chi connectivity index (χ1v) is 11.0. The molecule has 2 aromatic carbocycles. The fourth-order valence-corrected chi connectivity index (χ4v) is 5.00. The number of aliphatic hydroxyl groups is 1. The number of para-hydroxylation sites is 1. The quantitative estimate of drug-likeness (QED) is 0.281. The molecule has 4 atom stereocenters. The number of ether oxygens (including phenoxy) is 4. The van der Waals surface area contributed by atoms with Crippen LogP contribution in [0.25, 0.3) is 0 Å². The topological polar surface area (TPSA) is 121 Å². The zero-order chi connectivity index (χ0) is 24.6. The van der Waals surface area contributed by atoms with Gasteiger partial charge >= 0.3 is 5.97 Å². The SMILES string of the molecule is CCOC(=O)[C@H]1Cc2ccccc2N1[C@H]1c2cc([N+](=O)[O-])ccc2O[C@](C)(C(OC)OC)[C@@H]1O. The minimum absolute atomic E-state index is 0.154. The van der Waals surface area contributed by atoms with Crippen molar-refractivity contribution in [3.63, 3.8) is 0 Å². The average Bonchev–Trinajstić information content (AvgIpc) is 3.20. The van der Waals surface area contributed by atoms with Gasteiger partial charge < -0.3 is 29.0 Å². The molecule has 0 radical (unpaired) electrons. The van der Waals surface area contributed by atoms with Crippen LogP contribution in [0.2, 0.25) is 0 Å². The van der Waals surface area contributed by atoms with Crippen molar-refractivity contribution in [1.29, 1.82) is 0 Å².